The maximum Gasteiger partial charge on any atom is 0.264 e. The van der Waals surface area contributed by atoms with E-state index in [2.05, 4.69) is 41.3 Å². The zero-order chi connectivity index (χ0) is 33.1. The molecular weight excluding hydrogens is 620 g/mol. The molecule has 3 aliphatic rings. The van der Waals surface area contributed by atoms with E-state index in [-0.39, 0.29) is 28.7 Å². The Morgan fingerprint density at radius 2 is 2.04 bits per heavy atom. The Bertz CT molecular complexity index is 1560. The molecule has 7 nitrogen and oxygen atoms in total. The topological polar surface area (TPSA) is 95.9 Å². The number of allylic oxidation sites excluding steroid dienone is 2. The first kappa shape index (κ1) is 34.5. The van der Waals surface area contributed by atoms with Crippen LogP contribution in [-0.2, 0) is 21.9 Å². The zero-order valence-electron chi connectivity index (χ0n) is 27.4. The number of halogens is 1. The van der Waals surface area contributed by atoms with Gasteiger partial charge in [-0.1, -0.05) is 56.2 Å². The summed E-state index contributed by atoms with van der Waals surface area (Å²) in [6, 6.07) is 11.4. The first-order valence-electron chi connectivity index (χ1n) is 16.8. The molecule has 2 aromatic rings. The van der Waals surface area contributed by atoms with E-state index in [1.807, 2.05) is 19.1 Å². The molecule has 1 amide bonds. The summed E-state index contributed by atoms with van der Waals surface area (Å²) in [5.41, 5.74) is 3.26. The fourth-order valence-corrected chi connectivity index (χ4v) is 8.88. The average Bonchev–Trinajstić information content (AvgIpc) is 3.15. The number of nitrogens with one attached hydrogen (secondary N) is 1. The second kappa shape index (κ2) is 14.5. The van der Waals surface area contributed by atoms with E-state index in [1.165, 1.54) is 11.1 Å². The third kappa shape index (κ3) is 7.34. The lowest BCUT2D eigenvalue weighted by molar-refractivity contribution is 0.0456. The van der Waals surface area contributed by atoms with Gasteiger partial charge >= 0.3 is 0 Å². The third-order valence-electron chi connectivity index (χ3n) is 10.5. The fraction of sp³-hybridized carbons (Fsp3) is 0.541. The van der Waals surface area contributed by atoms with E-state index in [9.17, 15) is 18.3 Å². The Hall–Kier alpha value is -2.81. The molecule has 1 heterocycles. The van der Waals surface area contributed by atoms with Crippen molar-refractivity contribution in [1.82, 2.24) is 4.72 Å². The van der Waals surface area contributed by atoms with Crippen LogP contribution in [0.15, 0.2) is 61.2 Å². The van der Waals surface area contributed by atoms with Crippen LogP contribution in [0.3, 0.4) is 0 Å². The molecule has 1 saturated carbocycles. The number of fused-ring (bicyclic) bond motifs is 3. The number of amides is 1. The third-order valence-corrected chi connectivity index (χ3v) is 12.7. The van der Waals surface area contributed by atoms with E-state index in [1.54, 1.807) is 31.2 Å². The van der Waals surface area contributed by atoms with Crippen LogP contribution in [0.25, 0.3) is 0 Å². The minimum atomic E-state index is -3.91. The molecule has 250 valence electrons. The number of carbonyl (C=O) groups excluding carboxylic acids is 1. The Balaban J connectivity index is 1.47. The second-order valence-corrected chi connectivity index (χ2v) is 16.2. The number of benzene rings is 2. The van der Waals surface area contributed by atoms with Crippen molar-refractivity contribution in [2.75, 3.05) is 24.6 Å². The normalized spacial score (nSPS) is 24.6. The van der Waals surface area contributed by atoms with Crippen LogP contribution in [0.4, 0.5) is 5.69 Å². The van der Waals surface area contributed by atoms with Crippen molar-refractivity contribution in [3.63, 3.8) is 0 Å². The molecule has 0 radical (unpaired) electrons. The zero-order valence-corrected chi connectivity index (χ0v) is 29.0. The number of unbranched alkanes of at least 4 members (excludes halogenated alkanes) is 1. The maximum absolute atomic E-state index is 13.4. The number of anilines is 1. The minimum Gasteiger partial charge on any atom is -0.490 e. The van der Waals surface area contributed by atoms with Crippen LogP contribution in [-0.4, -0.2) is 50.5 Å². The van der Waals surface area contributed by atoms with Crippen molar-refractivity contribution in [3.8, 4) is 5.75 Å². The first-order valence-corrected chi connectivity index (χ1v) is 18.7. The van der Waals surface area contributed by atoms with Crippen LogP contribution in [0, 0.1) is 17.8 Å². The minimum absolute atomic E-state index is 0.157. The van der Waals surface area contributed by atoms with Gasteiger partial charge in [0.25, 0.3) is 5.91 Å². The predicted octanol–water partition coefficient (Wildman–Crippen LogP) is 7.22. The molecule has 0 bridgehead atoms. The average molecular weight is 669 g/mol. The summed E-state index contributed by atoms with van der Waals surface area (Å²) in [5, 5.41) is 11.0. The number of carbonyl (C=O) groups is 1. The van der Waals surface area contributed by atoms with Crippen LogP contribution in [0.5, 0.6) is 5.75 Å². The number of aliphatic hydroxyl groups is 1. The SMILES string of the molecule is C=CCC(C)[C@@H](C)S(=O)(=O)NC(=O)c1ccc2c(c1)N(CC1CCC1[C@H](O)/C=C/CCC)CC1(CCCc3cc(Cl)ccc31)CO2. The Labute approximate surface area is 280 Å². The van der Waals surface area contributed by atoms with Gasteiger partial charge in [0.1, 0.15) is 5.75 Å². The number of hydrogen-bond donors (Lipinski definition) is 2. The van der Waals surface area contributed by atoms with Gasteiger partial charge in [0, 0.05) is 29.1 Å². The molecular formula is C37H49ClN2O5S. The number of ether oxygens (including phenoxy) is 1. The maximum atomic E-state index is 13.4. The number of hydrogen-bond acceptors (Lipinski definition) is 6. The number of sulfonamides is 1. The molecule has 2 aliphatic carbocycles. The van der Waals surface area contributed by atoms with Crippen LogP contribution in [0.2, 0.25) is 5.02 Å². The fourth-order valence-electron chi connectivity index (χ4n) is 7.40. The first-order chi connectivity index (χ1) is 22.0. The van der Waals surface area contributed by atoms with Crippen LogP contribution >= 0.6 is 11.6 Å². The Kier molecular flexibility index (Phi) is 10.9. The van der Waals surface area contributed by atoms with E-state index in [4.69, 9.17) is 16.3 Å². The summed E-state index contributed by atoms with van der Waals surface area (Å²) in [7, 11) is -3.91. The quantitative estimate of drug-likeness (QED) is 0.232. The monoisotopic (exact) mass is 668 g/mol. The number of aryl methyl sites for hydroxylation is 1. The number of aliphatic hydroxyl groups excluding tert-OH is 1. The molecule has 0 saturated heterocycles. The molecule has 1 spiro atoms. The highest BCUT2D eigenvalue weighted by Crippen LogP contribution is 2.46. The molecule has 5 rings (SSSR count). The summed E-state index contributed by atoms with van der Waals surface area (Å²) in [6.07, 6.45) is 12.7. The smallest absolute Gasteiger partial charge is 0.264 e. The van der Waals surface area contributed by atoms with Gasteiger partial charge in [-0.15, -0.1) is 6.58 Å². The molecule has 0 aromatic heterocycles. The number of nitrogens with zero attached hydrogens (tertiary/aromatic N) is 1. The standard InChI is InChI=1S/C37H49ClN2O5S/c1-5-7-8-12-34(41)31-16-13-29(31)22-40-23-37(19-9-11-27-20-30(38)15-17-32(27)37)24-45-35-18-14-28(21-33(35)40)36(42)39-46(43,44)26(4)25(3)10-6-2/h6,8,12,14-15,17-18,20-21,25-26,29,31,34,41H,2,5,7,9-11,13,16,19,22-24H2,1,3-4H3,(H,39,42)/b12-8+/t25?,26-,29?,31?,34-,37?/m1/s1. The molecule has 1 aliphatic heterocycles. The highest BCUT2D eigenvalue weighted by molar-refractivity contribution is 7.90. The Morgan fingerprint density at radius 3 is 2.76 bits per heavy atom. The van der Waals surface area contributed by atoms with Gasteiger partial charge in [0.2, 0.25) is 10.0 Å². The predicted molar refractivity (Wildman–Crippen MR) is 186 cm³/mol. The summed E-state index contributed by atoms with van der Waals surface area (Å²) < 4.78 is 35.1. The Morgan fingerprint density at radius 1 is 1.24 bits per heavy atom. The lowest BCUT2D eigenvalue weighted by atomic mass is 9.68. The molecule has 9 heteroatoms. The van der Waals surface area contributed by atoms with Gasteiger partial charge in [0.15, 0.2) is 0 Å². The van der Waals surface area contributed by atoms with Gasteiger partial charge in [0.05, 0.1) is 23.6 Å². The molecule has 46 heavy (non-hydrogen) atoms. The number of rotatable bonds is 12. The molecule has 1 fully saturated rings. The van der Waals surface area contributed by atoms with Crippen molar-refractivity contribution < 1.29 is 23.1 Å². The second-order valence-electron chi connectivity index (χ2n) is 13.7. The van der Waals surface area contributed by atoms with Crippen molar-refractivity contribution in [2.45, 2.75) is 88.9 Å². The van der Waals surface area contributed by atoms with Crippen LogP contribution < -0.4 is 14.4 Å². The van der Waals surface area contributed by atoms with E-state index < -0.39 is 27.3 Å². The summed E-state index contributed by atoms with van der Waals surface area (Å²) >= 11 is 6.41. The lowest BCUT2D eigenvalue weighted by Crippen LogP contribution is -2.49. The molecule has 6 atom stereocenters. The van der Waals surface area contributed by atoms with Gasteiger partial charge in [-0.2, -0.15) is 0 Å². The van der Waals surface area contributed by atoms with Crippen molar-refractivity contribution in [3.05, 3.63) is 82.9 Å². The molecule has 4 unspecified atom stereocenters. The van der Waals surface area contributed by atoms with E-state index in [0.717, 1.165) is 55.7 Å². The van der Waals surface area contributed by atoms with Gasteiger partial charge in [-0.25, -0.2) is 13.1 Å². The largest absolute Gasteiger partial charge is 0.490 e. The van der Waals surface area contributed by atoms with Crippen LogP contribution in [0.1, 0.15) is 87.2 Å². The highest BCUT2D eigenvalue weighted by Gasteiger charge is 2.44. The summed E-state index contributed by atoms with van der Waals surface area (Å²) in [6.45, 7) is 11.2. The van der Waals surface area contributed by atoms with Crippen molar-refractivity contribution in [2.24, 2.45) is 17.8 Å². The van der Waals surface area contributed by atoms with Gasteiger partial charge in [-0.3, -0.25) is 4.79 Å². The van der Waals surface area contributed by atoms with Crippen molar-refractivity contribution in [1.29, 1.82) is 0 Å². The van der Waals surface area contributed by atoms with Crippen molar-refractivity contribution >= 4 is 33.2 Å². The van der Waals surface area contributed by atoms with Gasteiger partial charge < -0.3 is 14.7 Å². The molecule has 2 N–H and O–H groups in total. The summed E-state index contributed by atoms with van der Waals surface area (Å²) in [4.78, 5) is 15.8. The van der Waals surface area contributed by atoms with E-state index >= 15 is 0 Å². The summed E-state index contributed by atoms with van der Waals surface area (Å²) in [5.74, 6) is 0.248. The lowest BCUT2D eigenvalue weighted by Gasteiger charge is -2.45. The van der Waals surface area contributed by atoms with E-state index in [0.29, 0.717) is 31.9 Å². The highest BCUT2D eigenvalue weighted by atomic mass is 35.5. The molecule has 2 aromatic carbocycles. The van der Waals surface area contributed by atoms with Gasteiger partial charge in [-0.05, 0) is 111 Å².